The molecule has 0 spiro atoms. The number of carbonyl (C=O) groups is 2. The van der Waals surface area contributed by atoms with Crippen molar-refractivity contribution in [1.29, 1.82) is 0 Å². The SMILES string of the molecule is CCCCN(CCCC)CCCNC(=O)Nc1snc(OCc2ccc(Br)cc2F)c1C(=O)O. The number of rotatable bonds is 15. The first-order valence-corrected chi connectivity index (χ1v) is 13.0. The molecule has 1 aromatic heterocycles. The monoisotopic (exact) mass is 558 g/mol. The second-order valence-electron chi connectivity index (χ2n) is 7.80. The Balaban J connectivity index is 1.87. The van der Waals surface area contributed by atoms with E-state index >= 15 is 0 Å². The maximum absolute atomic E-state index is 14.0. The highest BCUT2D eigenvalue weighted by Crippen LogP contribution is 2.31. The number of nitrogens with one attached hydrogen (secondary N) is 2. The molecule has 0 aliphatic heterocycles. The van der Waals surface area contributed by atoms with Crippen LogP contribution in [0.15, 0.2) is 22.7 Å². The molecule has 11 heteroatoms. The van der Waals surface area contributed by atoms with E-state index in [9.17, 15) is 19.1 Å². The Bertz CT molecular complexity index is 936. The maximum atomic E-state index is 14.0. The molecule has 0 aliphatic carbocycles. The van der Waals surface area contributed by atoms with Gasteiger partial charge in [-0.3, -0.25) is 5.32 Å². The average molecular weight is 560 g/mol. The van der Waals surface area contributed by atoms with Gasteiger partial charge >= 0.3 is 12.0 Å². The number of aromatic nitrogens is 1. The van der Waals surface area contributed by atoms with E-state index in [2.05, 4.69) is 49.7 Å². The minimum absolute atomic E-state index is 0.0591. The number of hydrogen-bond donors (Lipinski definition) is 3. The molecule has 188 valence electrons. The molecular weight excluding hydrogens is 527 g/mol. The summed E-state index contributed by atoms with van der Waals surface area (Å²) in [6, 6.07) is 3.97. The number of benzene rings is 1. The molecule has 1 aromatic carbocycles. The molecule has 2 aromatic rings. The van der Waals surface area contributed by atoms with Crippen LogP contribution >= 0.6 is 27.5 Å². The number of urea groups is 1. The van der Waals surface area contributed by atoms with Gasteiger partial charge in [-0.05, 0) is 62.6 Å². The highest BCUT2D eigenvalue weighted by atomic mass is 79.9. The van der Waals surface area contributed by atoms with Crippen molar-refractivity contribution in [1.82, 2.24) is 14.6 Å². The van der Waals surface area contributed by atoms with Crippen molar-refractivity contribution in [3.63, 3.8) is 0 Å². The van der Waals surface area contributed by atoms with Crippen LogP contribution in [0.5, 0.6) is 5.88 Å². The summed E-state index contributed by atoms with van der Waals surface area (Å²) in [5.41, 5.74) is -0.00492. The van der Waals surface area contributed by atoms with Gasteiger partial charge < -0.3 is 20.1 Å². The van der Waals surface area contributed by atoms with Crippen molar-refractivity contribution >= 4 is 44.5 Å². The minimum atomic E-state index is -1.29. The van der Waals surface area contributed by atoms with Gasteiger partial charge in [0, 0.05) is 16.6 Å². The molecule has 0 unspecified atom stereocenters. The second kappa shape index (κ2) is 14.9. The van der Waals surface area contributed by atoms with Crippen LogP contribution in [-0.4, -0.2) is 52.6 Å². The Morgan fingerprint density at radius 1 is 1.18 bits per heavy atom. The minimum Gasteiger partial charge on any atom is -0.477 e. The number of anilines is 1. The average Bonchev–Trinajstić information content (AvgIpc) is 3.19. The second-order valence-corrected chi connectivity index (χ2v) is 9.49. The predicted molar refractivity (Wildman–Crippen MR) is 135 cm³/mol. The lowest BCUT2D eigenvalue weighted by atomic mass is 10.2. The summed E-state index contributed by atoms with van der Waals surface area (Å²) in [7, 11) is 0. The summed E-state index contributed by atoms with van der Waals surface area (Å²) in [4.78, 5) is 26.5. The number of amides is 2. The van der Waals surface area contributed by atoms with Crippen molar-refractivity contribution in [3.8, 4) is 5.88 Å². The summed E-state index contributed by atoms with van der Waals surface area (Å²) in [5, 5.41) is 14.9. The third-order valence-corrected chi connectivity index (χ3v) is 6.31. The number of nitrogens with zero attached hydrogens (tertiary/aromatic N) is 2. The summed E-state index contributed by atoms with van der Waals surface area (Å²) in [5.74, 6) is -1.95. The maximum Gasteiger partial charge on any atom is 0.344 e. The van der Waals surface area contributed by atoms with Gasteiger partial charge in [-0.15, -0.1) is 0 Å². The number of carboxylic acids is 1. The van der Waals surface area contributed by atoms with Crippen LogP contribution in [0.4, 0.5) is 14.2 Å². The summed E-state index contributed by atoms with van der Waals surface area (Å²) >= 11 is 3.98. The lowest BCUT2D eigenvalue weighted by Crippen LogP contribution is -2.33. The van der Waals surface area contributed by atoms with E-state index in [0.29, 0.717) is 11.0 Å². The molecule has 8 nitrogen and oxygen atoms in total. The van der Waals surface area contributed by atoms with Gasteiger partial charge in [-0.1, -0.05) is 48.7 Å². The van der Waals surface area contributed by atoms with Crippen molar-refractivity contribution in [2.45, 2.75) is 52.6 Å². The molecular formula is C23H32BrFN4O4S. The highest BCUT2D eigenvalue weighted by molar-refractivity contribution is 9.10. The fourth-order valence-electron chi connectivity index (χ4n) is 3.18. The summed E-state index contributed by atoms with van der Waals surface area (Å²) in [6.45, 7) is 7.62. The van der Waals surface area contributed by atoms with Crippen molar-refractivity contribution in [2.75, 3.05) is 31.5 Å². The standard InChI is InChI=1S/C23H32BrFN4O4S/c1-3-5-11-29(12-6-4-2)13-7-10-26-23(32)27-21-19(22(30)31)20(28-34-21)33-15-16-8-9-17(24)14-18(16)25/h8-9,14H,3-7,10-13,15H2,1-2H3,(H,30,31)(H2,26,27,32). The van der Waals surface area contributed by atoms with Gasteiger partial charge in [0.05, 0.1) is 0 Å². The number of unbranched alkanes of at least 4 members (excludes halogenated alkanes) is 2. The number of hydrogen-bond acceptors (Lipinski definition) is 6. The fourth-order valence-corrected chi connectivity index (χ4v) is 4.24. The van der Waals surface area contributed by atoms with E-state index in [0.717, 1.165) is 63.3 Å². The Morgan fingerprint density at radius 3 is 2.47 bits per heavy atom. The van der Waals surface area contributed by atoms with Gasteiger partial charge in [0.1, 0.15) is 17.4 Å². The highest BCUT2D eigenvalue weighted by Gasteiger charge is 2.23. The van der Waals surface area contributed by atoms with E-state index in [1.165, 1.54) is 12.1 Å². The molecule has 2 rings (SSSR count). The lowest BCUT2D eigenvalue weighted by molar-refractivity contribution is 0.0693. The topological polar surface area (TPSA) is 104 Å². The molecule has 0 fully saturated rings. The lowest BCUT2D eigenvalue weighted by Gasteiger charge is -2.21. The first-order valence-electron chi connectivity index (χ1n) is 11.4. The Kier molecular flexibility index (Phi) is 12.3. The van der Waals surface area contributed by atoms with Crippen LogP contribution < -0.4 is 15.4 Å². The predicted octanol–water partition coefficient (Wildman–Crippen LogP) is 5.74. The molecule has 1 heterocycles. The van der Waals surface area contributed by atoms with Crippen molar-refractivity contribution in [2.24, 2.45) is 0 Å². The number of halogens is 2. The smallest absolute Gasteiger partial charge is 0.344 e. The first-order chi connectivity index (χ1) is 16.3. The Morgan fingerprint density at radius 2 is 1.85 bits per heavy atom. The van der Waals surface area contributed by atoms with Crippen LogP contribution in [0.3, 0.4) is 0 Å². The zero-order valence-corrected chi connectivity index (χ0v) is 21.9. The zero-order chi connectivity index (χ0) is 24.9. The van der Waals surface area contributed by atoms with Gasteiger partial charge in [-0.2, -0.15) is 4.37 Å². The van der Waals surface area contributed by atoms with Crippen LogP contribution in [-0.2, 0) is 6.61 Å². The molecule has 0 radical (unpaired) electrons. The molecule has 0 saturated heterocycles. The first kappa shape index (κ1) is 28.0. The number of carbonyl (C=O) groups excluding carboxylic acids is 1. The van der Waals surface area contributed by atoms with Gasteiger partial charge in [0.15, 0.2) is 5.56 Å². The van der Waals surface area contributed by atoms with Gasteiger partial charge in [0.25, 0.3) is 0 Å². The van der Waals surface area contributed by atoms with Crippen LogP contribution in [0, 0.1) is 5.82 Å². The van der Waals surface area contributed by atoms with Crippen molar-refractivity contribution < 1.29 is 23.8 Å². The van der Waals surface area contributed by atoms with E-state index in [1.54, 1.807) is 6.07 Å². The van der Waals surface area contributed by atoms with Crippen LogP contribution in [0.25, 0.3) is 0 Å². The van der Waals surface area contributed by atoms with E-state index in [1.807, 2.05) is 0 Å². The molecule has 0 aliphatic rings. The van der Waals surface area contributed by atoms with Gasteiger partial charge in [0.2, 0.25) is 5.88 Å². The third kappa shape index (κ3) is 9.19. The van der Waals surface area contributed by atoms with Crippen molar-refractivity contribution in [3.05, 3.63) is 39.6 Å². The van der Waals surface area contributed by atoms with Crippen LogP contribution in [0.1, 0.15) is 61.9 Å². The summed E-state index contributed by atoms with van der Waals surface area (Å²) in [6.07, 6.45) is 5.39. The van der Waals surface area contributed by atoms with Crippen LogP contribution in [0.2, 0.25) is 0 Å². The Labute approximate surface area is 212 Å². The third-order valence-electron chi connectivity index (χ3n) is 5.07. The zero-order valence-electron chi connectivity index (χ0n) is 19.5. The van der Waals surface area contributed by atoms with E-state index < -0.39 is 17.8 Å². The largest absolute Gasteiger partial charge is 0.477 e. The number of carboxylic acid groups (broad SMARTS) is 1. The van der Waals surface area contributed by atoms with E-state index in [4.69, 9.17) is 4.74 Å². The van der Waals surface area contributed by atoms with E-state index in [-0.39, 0.29) is 28.6 Å². The quantitative estimate of drug-likeness (QED) is 0.241. The number of ether oxygens (including phenoxy) is 1. The number of aromatic carboxylic acids is 1. The summed E-state index contributed by atoms with van der Waals surface area (Å²) < 4.78 is 24.0. The molecule has 3 N–H and O–H groups in total. The normalized spacial score (nSPS) is 11.0. The molecule has 0 saturated carbocycles. The molecule has 2 amide bonds. The van der Waals surface area contributed by atoms with Gasteiger partial charge in [-0.25, -0.2) is 14.0 Å². The molecule has 0 bridgehead atoms. The molecule has 0 atom stereocenters. The Hall–Kier alpha value is -2.24. The molecule has 34 heavy (non-hydrogen) atoms. The fraction of sp³-hybridized carbons (Fsp3) is 0.522.